The van der Waals surface area contributed by atoms with Crippen LogP contribution >= 0.6 is 0 Å². The van der Waals surface area contributed by atoms with Crippen molar-refractivity contribution in [2.24, 2.45) is 5.41 Å². The topological polar surface area (TPSA) is 62.7 Å². The highest BCUT2D eigenvalue weighted by Gasteiger charge is 2.42. The van der Waals surface area contributed by atoms with Gasteiger partial charge in [0.25, 0.3) is 0 Å². The maximum Gasteiger partial charge on any atom is 0.336 e. The van der Waals surface area contributed by atoms with Crippen LogP contribution in [0.1, 0.15) is 42.1 Å². The highest BCUT2D eigenvalue weighted by molar-refractivity contribution is 6.03. The molecular weight excluding hydrogens is 316 g/mol. The number of benzene rings is 1. The van der Waals surface area contributed by atoms with Gasteiger partial charge in [0.1, 0.15) is 0 Å². The van der Waals surface area contributed by atoms with E-state index in [2.05, 4.69) is 16.8 Å². The van der Waals surface area contributed by atoms with Crippen LogP contribution in [0.3, 0.4) is 0 Å². The number of pyridine rings is 1. The number of hydrogen-bond acceptors (Lipinski definition) is 4. The Morgan fingerprint density at radius 3 is 2.92 bits per heavy atom. The summed E-state index contributed by atoms with van der Waals surface area (Å²) in [5.41, 5.74) is 2.63. The lowest BCUT2D eigenvalue weighted by Crippen LogP contribution is -2.33. The Hall–Kier alpha value is -1.98. The van der Waals surface area contributed by atoms with E-state index < -0.39 is 5.97 Å². The van der Waals surface area contributed by atoms with Crippen LogP contribution in [0, 0.1) is 5.41 Å². The molecule has 1 aromatic heterocycles. The predicted molar refractivity (Wildman–Crippen MR) is 95.7 cm³/mol. The minimum atomic E-state index is -0.903. The summed E-state index contributed by atoms with van der Waals surface area (Å²) >= 11 is 0. The molecule has 0 amide bonds. The number of hydrogen-bond donors (Lipinski definition) is 1. The first-order valence-corrected chi connectivity index (χ1v) is 9.00. The zero-order valence-electron chi connectivity index (χ0n) is 14.6. The maximum atomic E-state index is 11.5. The molecular formula is C20H24N2O3. The minimum Gasteiger partial charge on any atom is -0.478 e. The van der Waals surface area contributed by atoms with Crippen molar-refractivity contribution in [3.05, 3.63) is 41.6 Å². The van der Waals surface area contributed by atoms with E-state index in [-0.39, 0.29) is 0 Å². The van der Waals surface area contributed by atoms with Crippen molar-refractivity contribution in [2.45, 2.75) is 38.8 Å². The fourth-order valence-corrected chi connectivity index (χ4v) is 4.55. The van der Waals surface area contributed by atoms with Crippen LogP contribution in [0.5, 0.6) is 0 Å². The first-order valence-electron chi connectivity index (χ1n) is 9.00. The van der Waals surface area contributed by atoms with Gasteiger partial charge in [-0.15, -0.1) is 0 Å². The lowest BCUT2D eigenvalue weighted by Gasteiger charge is -2.33. The molecule has 2 aliphatic heterocycles. The highest BCUT2D eigenvalue weighted by Crippen LogP contribution is 2.43. The number of aromatic nitrogens is 1. The number of fused-ring (bicyclic) bond motifs is 1. The predicted octanol–water partition coefficient (Wildman–Crippen LogP) is 3.32. The van der Waals surface area contributed by atoms with Crippen LogP contribution < -0.4 is 0 Å². The zero-order valence-corrected chi connectivity index (χ0v) is 14.6. The molecule has 0 radical (unpaired) electrons. The van der Waals surface area contributed by atoms with Crippen molar-refractivity contribution in [2.75, 3.05) is 19.8 Å². The number of aromatic carboxylic acids is 1. The normalized spacial score (nSPS) is 23.3. The molecule has 132 valence electrons. The van der Waals surface area contributed by atoms with Crippen molar-refractivity contribution in [3.63, 3.8) is 0 Å². The van der Waals surface area contributed by atoms with Gasteiger partial charge < -0.3 is 9.84 Å². The van der Waals surface area contributed by atoms with E-state index in [9.17, 15) is 9.90 Å². The number of ether oxygens (including phenoxy) is 1. The van der Waals surface area contributed by atoms with Crippen molar-refractivity contribution >= 4 is 16.9 Å². The molecule has 1 unspecified atom stereocenters. The first-order chi connectivity index (χ1) is 12.1. The van der Waals surface area contributed by atoms with E-state index >= 15 is 0 Å². The average Bonchev–Trinajstić information content (AvgIpc) is 2.90. The molecule has 2 saturated heterocycles. The third-order valence-electron chi connectivity index (χ3n) is 5.90. The van der Waals surface area contributed by atoms with Crippen LogP contribution in [0.15, 0.2) is 30.5 Å². The quantitative estimate of drug-likeness (QED) is 0.929. The Morgan fingerprint density at radius 2 is 2.16 bits per heavy atom. The molecule has 2 aliphatic rings. The molecule has 0 saturated carbocycles. The molecule has 5 nitrogen and oxygen atoms in total. The molecule has 4 rings (SSSR count). The van der Waals surface area contributed by atoms with E-state index in [1.54, 1.807) is 18.3 Å². The van der Waals surface area contributed by atoms with Gasteiger partial charge in [0.05, 0.1) is 11.1 Å². The molecule has 2 aromatic rings. The van der Waals surface area contributed by atoms with Gasteiger partial charge in [-0.2, -0.15) is 0 Å². The lowest BCUT2D eigenvalue weighted by atomic mass is 9.78. The molecule has 0 aliphatic carbocycles. The monoisotopic (exact) mass is 340 g/mol. The number of carbonyl (C=O) groups is 1. The summed E-state index contributed by atoms with van der Waals surface area (Å²) in [6.45, 7) is 5.95. The summed E-state index contributed by atoms with van der Waals surface area (Å²) in [4.78, 5) is 18.5. The maximum absolute atomic E-state index is 11.5. The summed E-state index contributed by atoms with van der Waals surface area (Å²) in [6, 6.07) is 7.82. The van der Waals surface area contributed by atoms with Crippen molar-refractivity contribution in [1.82, 2.24) is 9.88 Å². The Bertz CT molecular complexity index is 799. The van der Waals surface area contributed by atoms with Crippen molar-refractivity contribution in [3.8, 4) is 0 Å². The summed E-state index contributed by atoms with van der Waals surface area (Å²) < 4.78 is 5.55. The van der Waals surface area contributed by atoms with Crippen LogP contribution in [-0.4, -0.2) is 46.8 Å². The van der Waals surface area contributed by atoms with Crippen molar-refractivity contribution < 1.29 is 14.6 Å². The Labute approximate surface area is 147 Å². The summed E-state index contributed by atoms with van der Waals surface area (Å²) in [6.07, 6.45) is 5.25. The van der Waals surface area contributed by atoms with Gasteiger partial charge in [0.15, 0.2) is 0 Å². The molecule has 3 heterocycles. The third kappa shape index (κ3) is 3.02. The van der Waals surface area contributed by atoms with Gasteiger partial charge in [-0.25, -0.2) is 4.79 Å². The first kappa shape index (κ1) is 16.5. The van der Waals surface area contributed by atoms with E-state index in [0.29, 0.717) is 17.0 Å². The summed E-state index contributed by atoms with van der Waals surface area (Å²) in [5.74, 6) is -0.903. The zero-order chi connectivity index (χ0) is 17.4. The number of carboxylic acid groups (broad SMARTS) is 1. The average molecular weight is 340 g/mol. The van der Waals surface area contributed by atoms with E-state index in [4.69, 9.17) is 4.74 Å². The van der Waals surface area contributed by atoms with Gasteiger partial charge in [0.2, 0.25) is 0 Å². The van der Waals surface area contributed by atoms with Crippen LogP contribution in [0.25, 0.3) is 10.9 Å². The standard InChI is InChI=1S/C20H24N2O3/c1-14-11-20(6-9-25-10-7-20)13-22(14)12-15-4-5-17(19(23)24)16-3-2-8-21-18(15)16/h2-5,8,14H,6-7,9-13H2,1H3,(H,23,24). The summed E-state index contributed by atoms with van der Waals surface area (Å²) in [5, 5.41) is 10.1. The van der Waals surface area contributed by atoms with Crippen molar-refractivity contribution in [1.29, 1.82) is 0 Å². The smallest absolute Gasteiger partial charge is 0.336 e. The third-order valence-corrected chi connectivity index (χ3v) is 5.90. The van der Waals surface area contributed by atoms with Gasteiger partial charge in [0, 0.05) is 43.9 Å². The molecule has 1 spiro atoms. The van der Waals surface area contributed by atoms with Crippen LogP contribution in [-0.2, 0) is 11.3 Å². The number of likely N-dealkylation sites (tertiary alicyclic amines) is 1. The second-order valence-electron chi connectivity index (χ2n) is 7.55. The highest BCUT2D eigenvalue weighted by atomic mass is 16.5. The summed E-state index contributed by atoms with van der Waals surface area (Å²) in [7, 11) is 0. The fraction of sp³-hybridized carbons (Fsp3) is 0.500. The Kier molecular flexibility index (Phi) is 4.21. The molecule has 1 atom stereocenters. The fourth-order valence-electron chi connectivity index (χ4n) is 4.55. The lowest BCUT2D eigenvalue weighted by molar-refractivity contribution is 0.0190. The molecule has 5 heteroatoms. The van der Waals surface area contributed by atoms with Gasteiger partial charge in [-0.05, 0) is 49.3 Å². The molecule has 1 N–H and O–H groups in total. The van der Waals surface area contributed by atoms with Crippen LogP contribution in [0.4, 0.5) is 0 Å². The molecule has 1 aromatic carbocycles. The molecule has 25 heavy (non-hydrogen) atoms. The number of carboxylic acids is 1. The molecule has 0 bridgehead atoms. The second-order valence-corrected chi connectivity index (χ2v) is 7.55. The second kappa shape index (κ2) is 6.39. The SMILES string of the molecule is CC1CC2(CCOCC2)CN1Cc1ccc(C(=O)O)c2cccnc12. The minimum absolute atomic E-state index is 0.321. The van der Waals surface area contributed by atoms with Crippen LogP contribution in [0.2, 0.25) is 0 Å². The molecule has 2 fully saturated rings. The Morgan fingerprint density at radius 1 is 1.36 bits per heavy atom. The van der Waals surface area contributed by atoms with Gasteiger partial charge in [-0.3, -0.25) is 9.88 Å². The van der Waals surface area contributed by atoms with E-state index in [1.807, 2.05) is 12.1 Å². The Balaban J connectivity index is 1.63. The van der Waals surface area contributed by atoms with Gasteiger partial charge in [-0.1, -0.05) is 12.1 Å². The largest absolute Gasteiger partial charge is 0.478 e. The van der Waals surface area contributed by atoms with E-state index in [0.717, 1.165) is 55.6 Å². The van der Waals surface area contributed by atoms with Gasteiger partial charge >= 0.3 is 5.97 Å². The van der Waals surface area contributed by atoms with E-state index in [1.165, 1.54) is 6.42 Å². The number of nitrogens with zero attached hydrogens (tertiary/aromatic N) is 2. The number of rotatable bonds is 3.